The number of aliphatic carboxylic acids is 1. The molecule has 4 aliphatic rings. The second-order valence-corrected chi connectivity index (χ2v) is 10.5. The number of ketones is 1. The Labute approximate surface area is 158 Å². The monoisotopic (exact) mass is 360 g/mol. The Morgan fingerprint density at radius 3 is 2.58 bits per heavy atom. The molecule has 0 unspecified atom stereocenters. The molecule has 0 aromatic carbocycles. The van der Waals surface area contributed by atoms with Crippen molar-refractivity contribution in [3.8, 4) is 0 Å². The second-order valence-electron chi connectivity index (χ2n) is 10.5. The molecule has 0 heterocycles. The first-order chi connectivity index (χ1) is 12.3. The molecule has 0 spiro atoms. The summed E-state index contributed by atoms with van der Waals surface area (Å²) in [6, 6.07) is 0. The van der Waals surface area contributed by atoms with E-state index in [2.05, 4.69) is 13.8 Å². The van der Waals surface area contributed by atoms with E-state index in [1.54, 1.807) is 0 Å². The number of hydrogen-bond donors (Lipinski definition) is 1. The zero-order valence-electron chi connectivity index (χ0n) is 16.6. The van der Waals surface area contributed by atoms with Crippen molar-refractivity contribution >= 4 is 11.8 Å². The van der Waals surface area contributed by atoms with Crippen molar-refractivity contribution in [2.45, 2.75) is 90.9 Å². The van der Waals surface area contributed by atoms with Gasteiger partial charge in [0.05, 0.1) is 0 Å². The Morgan fingerprint density at radius 2 is 1.81 bits per heavy atom. The molecule has 4 rings (SSSR count). The normalized spacial score (nSPS) is 47.8. The van der Waals surface area contributed by atoms with E-state index in [1.165, 1.54) is 38.5 Å². The first-order valence-electron chi connectivity index (χ1n) is 11.1. The molecule has 146 valence electrons. The highest BCUT2D eigenvalue weighted by Crippen LogP contribution is 2.67. The van der Waals surface area contributed by atoms with E-state index in [0.29, 0.717) is 29.0 Å². The smallest absolute Gasteiger partial charge is 0.303 e. The van der Waals surface area contributed by atoms with Crippen LogP contribution in [0.15, 0.2) is 0 Å². The maximum Gasteiger partial charge on any atom is 0.303 e. The van der Waals surface area contributed by atoms with Gasteiger partial charge >= 0.3 is 5.97 Å². The molecule has 0 radical (unpaired) electrons. The molecule has 7 atom stereocenters. The summed E-state index contributed by atoms with van der Waals surface area (Å²) in [5, 5.41) is 8.97. The Balaban J connectivity index is 1.49. The zero-order valence-corrected chi connectivity index (χ0v) is 16.6. The summed E-state index contributed by atoms with van der Waals surface area (Å²) in [5.41, 5.74) is 0.840. The molecule has 1 N–H and O–H groups in total. The number of carbonyl (C=O) groups is 2. The minimum atomic E-state index is -0.647. The Kier molecular flexibility index (Phi) is 4.72. The van der Waals surface area contributed by atoms with E-state index in [1.807, 2.05) is 0 Å². The maximum absolute atomic E-state index is 12.0. The Bertz CT molecular complexity index is 584. The van der Waals surface area contributed by atoms with Crippen LogP contribution in [-0.2, 0) is 9.59 Å². The topological polar surface area (TPSA) is 54.4 Å². The van der Waals surface area contributed by atoms with Gasteiger partial charge < -0.3 is 5.11 Å². The first kappa shape index (κ1) is 18.5. The number of fused-ring (bicyclic) bond motifs is 5. The third-order valence-corrected chi connectivity index (χ3v) is 9.62. The zero-order chi connectivity index (χ0) is 18.5. The average molecular weight is 361 g/mol. The number of carboxylic acids is 1. The van der Waals surface area contributed by atoms with Gasteiger partial charge in [0.25, 0.3) is 0 Å². The molecule has 4 fully saturated rings. The lowest BCUT2D eigenvalue weighted by molar-refractivity contribution is -0.139. The molecule has 0 aromatic rings. The minimum absolute atomic E-state index is 0.330. The van der Waals surface area contributed by atoms with Gasteiger partial charge in [-0.2, -0.15) is 0 Å². The van der Waals surface area contributed by atoms with Crippen LogP contribution in [0.3, 0.4) is 0 Å². The fraction of sp³-hybridized carbons (Fsp3) is 0.913. The molecular formula is C23H36O3. The van der Waals surface area contributed by atoms with Crippen molar-refractivity contribution in [2.24, 2.45) is 40.4 Å². The lowest BCUT2D eigenvalue weighted by atomic mass is 9.44. The van der Waals surface area contributed by atoms with Gasteiger partial charge in [-0.1, -0.05) is 13.8 Å². The summed E-state index contributed by atoms with van der Waals surface area (Å²) < 4.78 is 0. The largest absolute Gasteiger partial charge is 0.481 e. The van der Waals surface area contributed by atoms with Crippen molar-refractivity contribution in [1.29, 1.82) is 0 Å². The number of carbonyl (C=O) groups excluding carboxylic acids is 1. The van der Waals surface area contributed by atoms with Gasteiger partial charge in [-0.25, -0.2) is 0 Å². The molecule has 0 saturated heterocycles. The third kappa shape index (κ3) is 2.85. The van der Waals surface area contributed by atoms with Gasteiger partial charge in [0.2, 0.25) is 0 Å². The van der Waals surface area contributed by atoms with Gasteiger partial charge in [-0.15, -0.1) is 0 Å². The van der Waals surface area contributed by atoms with Crippen LogP contribution in [0, 0.1) is 40.4 Å². The fourth-order valence-corrected chi connectivity index (χ4v) is 8.13. The van der Waals surface area contributed by atoms with Crippen molar-refractivity contribution < 1.29 is 14.7 Å². The standard InChI is InChI=1S/C23H36O3/c1-22-13-11-20-18(8-6-16-14-17(24)10-12-23(16,20)2)19(22)9-7-15(22)4-3-5-21(25)26/h15-16,18-20H,3-14H2,1-2H3,(H,25,26)/t15-,16+,18-,19-,20-,22+,23-/m0/s1. The highest BCUT2D eigenvalue weighted by molar-refractivity contribution is 5.79. The van der Waals surface area contributed by atoms with E-state index >= 15 is 0 Å². The fourth-order valence-electron chi connectivity index (χ4n) is 8.13. The van der Waals surface area contributed by atoms with Gasteiger partial charge in [0.1, 0.15) is 5.78 Å². The number of carboxylic acid groups (broad SMARTS) is 1. The quantitative estimate of drug-likeness (QED) is 0.723. The number of rotatable bonds is 4. The lowest BCUT2D eigenvalue weighted by Crippen LogP contribution is -2.53. The average Bonchev–Trinajstić information content (AvgIpc) is 2.92. The second kappa shape index (κ2) is 6.63. The van der Waals surface area contributed by atoms with Crippen LogP contribution in [0.25, 0.3) is 0 Å². The Morgan fingerprint density at radius 1 is 1.04 bits per heavy atom. The molecule has 4 saturated carbocycles. The lowest BCUT2D eigenvalue weighted by Gasteiger charge is -2.60. The highest BCUT2D eigenvalue weighted by atomic mass is 16.4. The van der Waals surface area contributed by atoms with Crippen molar-refractivity contribution in [1.82, 2.24) is 0 Å². The third-order valence-electron chi connectivity index (χ3n) is 9.62. The molecule has 3 heteroatoms. The number of Topliss-reactive ketones (excluding diaryl/α,β-unsaturated/α-hetero) is 1. The predicted molar refractivity (Wildman–Crippen MR) is 102 cm³/mol. The summed E-state index contributed by atoms with van der Waals surface area (Å²) >= 11 is 0. The highest BCUT2D eigenvalue weighted by Gasteiger charge is 2.59. The summed E-state index contributed by atoms with van der Waals surface area (Å²) in [6.45, 7) is 5.05. The van der Waals surface area contributed by atoms with Crippen molar-refractivity contribution in [2.75, 3.05) is 0 Å². The van der Waals surface area contributed by atoms with Crippen LogP contribution in [0.1, 0.15) is 90.9 Å². The van der Waals surface area contributed by atoms with Gasteiger partial charge in [0, 0.05) is 19.3 Å². The SMILES string of the molecule is C[C@]12CCC(=O)C[C@H]1CC[C@@H]1[C@@H]2CC[C@]2(C)[C@@H](CCCC(=O)O)CC[C@@H]12. The minimum Gasteiger partial charge on any atom is -0.481 e. The van der Waals surface area contributed by atoms with E-state index in [9.17, 15) is 9.59 Å². The van der Waals surface area contributed by atoms with Gasteiger partial charge in [-0.05, 0) is 98.2 Å². The molecule has 0 aliphatic heterocycles. The van der Waals surface area contributed by atoms with E-state index in [0.717, 1.165) is 55.8 Å². The molecule has 0 amide bonds. The predicted octanol–water partition coefficient (Wildman–Crippen LogP) is 5.47. The van der Waals surface area contributed by atoms with Crippen molar-refractivity contribution in [3.05, 3.63) is 0 Å². The summed E-state index contributed by atoms with van der Waals surface area (Å²) in [5.74, 6) is 3.75. The molecule has 0 aromatic heterocycles. The summed E-state index contributed by atoms with van der Waals surface area (Å²) in [7, 11) is 0. The van der Waals surface area contributed by atoms with E-state index in [4.69, 9.17) is 5.11 Å². The summed E-state index contributed by atoms with van der Waals surface area (Å²) in [4.78, 5) is 22.9. The Hall–Kier alpha value is -0.860. The molecule has 3 nitrogen and oxygen atoms in total. The molecule has 4 aliphatic carbocycles. The van der Waals surface area contributed by atoms with E-state index in [-0.39, 0.29) is 0 Å². The molecule has 0 bridgehead atoms. The van der Waals surface area contributed by atoms with E-state index < -0.39 is 5.97 Å². The van der Waals surface area contributed by atoms with Gasteiger partial charge in [-0.3, -0.25) is 9.59 Å². The number of hydrogen-bond acceptors (Lipinski definition) is 2. The van der Waals surface area contributed by atoms with Crippen LogP contribution in [0.5, 0.6) is 0 Å². The molecular weight excluding hydrogens is 324 g/mol. The van der Waals surface area contributed by atoms with Gasteiger partial charge in [0.15, 0.2) is 0 Å². The maximum atomic E-state index is 12.0. The van der Waals surface area contributed by atoms with Crippen LogP contribution < -0.4 is 0 Å². The van der Waals surface area contributed by atoms with Crippen LogP contribution in [0.4, 0.5) is 0 Å². The first-order valence-corrected chi connectivity index (χ1v) is 11.1. The van der Waals surface area contributed by atoms with Crippen LogP contribution in [-0.4, -0.2) is 16.9 Å². The van der Waals surface area contributed by atoms with Crippen LogP contribution >= 0.6 is 0 Å². The summed E-state index contributed by atoms with van der Waals surface area (Å²) in [6.07, 6.45) is 13.0. The molecule has 26 heavy (non-hydrogen) atoms. The van der Waals surface area contributed by atoms with Crippen molar-refractivity contribution in [3.63, 3.8) is 0 Å². The van der Waals surface area contributed by atoms with Crippen LogP contribution in [0.2, 0.25) is 0 Å².